The van der Waals surface area contributed by atoms with Crippen molar-refractivity contribution < 1.29 is 14.3 Å². The summed E-state index contributed by atoms with van der Waals surface area (Å²) in [5, 5.41) is 2.81. The number of carbonyl (C=O) groups excluding carboxylic acids is 2. The number of imidazole rings is 1. The Balaban J connectivity index is 1.67. The molecule has 1 aromatic heterocycles. The first-order chi connectivity index (χ1) is 12.2. The quantitative estimate of drug-likeness (QED) is 0.747. The van der Waals surface area contributed by atoms with E-state index in [0.717, 1.165) is 11.0 Å². The van der Waals surface area contributed by atoms with Crippen molar-refractivity contribution in [3.63, 3.8) is 0 Å². The first-order valence-electron chi connectivity index (χ1n) is 8.10. The fourth-order valence-electron chi connectivity index (χ4n) is 3.21. The second kappa shape index (κ2) is 6.05. The first-order valence-corrected chi connectivity index (χ1v) is 8.10. The molecule has 6 nitrogen and oxygen atoms in total. The maximum atomic E-state index is 12.8. The molecule has 0 spiro atoms. The summed E-state index contributed by atoms with van der Waals surface area (Å²) >= 11 is 0. The number of aryl methyl sites for hydroxylation is 1. The number of rotatable bonds is 3. The summed E-state index contributed by atoms with van der Waals surface area (Å²) in [6.07, 6.45) is 0.327. The van der Waals surface area contributed by atoms with Gasteiger partial charge < -0.3 is 14.6 Å². The third-order valence-electron chi connectivity index (χ3n) is 4.47. The van der Waals surface area contributed by atoms with E-state index in [1.54, 1.807) is 31.4 Å². The van der Waals surface area contributed by atoms with Crippen molar-refractivity contribution in [1.29, 1.82) is 0 Å². The van der Waals surface area contributed by atoms with Gasteiger partial charge in [-0.2, -0.15) is 0 Å². The second-order valence-electron chi connectivity index (χ2n) is 5.98. The molecule has 1 N–H and O–H groups in total. The van der Waals surface area contributed by atoms with Gasteiger partial charge in [-0.05, 0) is 36.4 Å². The van der Waals surface area contributed by atoms with Crippen molar-refractivity contribution in [2.45, 2.75) is 18.9 Å². The normalized spacial score (nSPS) is 16.5. The summed E-state index contributed by atoms with van der Waals surface area (Å²) in [5.41, 5.74) is 2.37. The number of aromatic nitrogens is 2. The molecule has 126 valence electrons. The van der Waals surface area contributed by atoms with Crippen molar-refractivity contribution in [2.24, 2.45) is 0 Å². The van der Waals surface area contributed by atoms with Crippen LogP contribution in [0.2, 0.25) is 0 Å². The zero-order valence-corrected chi connectivity index (χ0v) is 13.7. The number of anilines is 1. The molecule has 25 heavy (non-hydrogen) atoms. The van der Waals surface area contributed by atoms with Crippen LogP contribution >= 0.6 is 0 Å². The van der Waals surface area contributed by atoms with Crippen LogP contribution in [0.3, 0.4) is 0 Å². The number of nitrogens with zero attached hydrogens (tertiary/aromatic N) is 2. The molecule has 3 aromatic rings. The molecule has 0 bridgehead atoms. The Bertz CT molecular complexity index is 960. The maximum absolute atomic E-state index is 12.8. The highest BCUT2D eigenvalue weighted by atomic mass is 16.5. The minimum absolute atomic E-state index is 0.103. The smallest absolute Gasteiger partial charge is 0.242 e. The van der Waals surface area contributed by atoms with E-state index in [1.807, 2.05) is 28.8 Å². The largest absolute Gasteiger partial charge is 0.497 e. The van der Waals surface area contributed by atoms with Crippen LogP contribution in [0.4, 0.5) is 5.69 Å². The van der Waals surface area contributed by atoms with Crippen LogP contribution < -0.4 is 10.1 Å². The Morgan fingerprint density at radius 1 is 1.20 bits per heavy atom. The minimum atomic E-state index is -0.886. The molecule has 4 rings (SSSR count). The molecule has 2 aromatic carbocycles. The number of nitrogens with one attached hydrogen (secondary N) is 1. The molecule has 0 saturated heterocycles. The van der Waals surface area contributed by atoms with Gasteiger partial charge in [-0.15, -0.1) is 0 Å². The van der Waals surface area contributed by atoms with Crippen molar-refractivity contribution >= 4 is 28.4 Å². The molecule has 1 aliphatic heterocycles. The number of carbonyl (C=O) groups is 2. The Labute approximate surface area is 144 Å². The number of amides is 1. The Morgan fingerprint density at radius 3 is 2.72 bits per heavy atom. The van der Waals surface area contributed by atoms with Gasteiger partial charge in [0.2, 0.25) is 5.91 Å². The maximum Gasteiger partial charge on any atom is 0.242 e. The average molecular weight is 335 g/mol. The lowest BCUT2D eigenvalue weighted by atomic mass is 9.96. The highest BCUT2D eigenvalue weighted by Gasteiger charge is 2.36. The SMILES string of the molecule is COc1ccc(NC(=O)C2C(=O)CCn3c2nc2ccccc23)cc1. The summed E-state index contributed by atoms with van der Waals surface area (Å²) in [6, 6.07) is 14.7. The number of fused-ring (bicyclic) bond motifs is 3. The summed E-state index contributed by atoms with van der Waals surface area (Å²) in [4.78, 5) is 29.7. The van der Waals surface area contributed by atoms with Gasteiger partial charge in [-0.1, -0.05) is 12.1 Å². The van der Waals surface area contributed by atoms with Gasteiger partial charge in [-0.25, -0.2) is 4.98 Å². The monoisotopic (exact) mass is 335 g/mol. The molecular weight excluding hydrogens is 318 g/mol. The van der Waals surface area contributed by atoms with E-state index in [0.29, 0.717) is 30.2 Å². The lowest BCUT2D eigenvalue weighted by Gasteiger charge is -2.22. The first kappa shape index (κ1) is 15.4. The van der Waals surface area contributed by atoms with Crippen LogP contribution in [0.5, 0.6) is 5.75 Å². The van der Waals surface area contributed by atoms with Crippen LogP contribution in [0.15, 0.2) is 48.5 Å². The van der Waals surface area contributed by atoms with Gasteiger partial charge in [0, 0.05) is 18.7 Å². The molecule has 1 aliphatic rings. The molecule has 0 radical (unpaired) electrons. The third kappa shape index (κ3) is 2.65. The number of Topliss-reactive ketones (excluding diaryl/α,β-unsaturated/α-hetero) is 1. The van der Waals surface area contributed by atoms with Crippen molar-refractivity contribution in [1.82, 2.24) is 9.55 Å². The van der Waals surface area contributed by atoms with Gasteiger partial charge in [0.15, 0.2) is 11.7 Å². The van der Waals surface area contributed by atoms with Crippen molar-refractivity contribution in [3.05, 3.63) is 54.4 Å². The minimum Gasteiger partial charge on any atom is -0.497 e. The van der Waals surface area contributed by atoms with Gasteiger partial charge in [0.25, 0.3) is 0 Å². The molecule has 1 atom stereocenters. The van der Waals surface area contributed by atoms with Crippen LogP contribution in [0.1, 0.15) is 18.2 Å². The zero-order valence-electron chi connectivity index (χ0n) is 13.7. The molecule has 1 amide bonds. The lowest BCUT2D eigenvalue weighted by Crippen LogP contribution is -2.34. The molecule has 0 saturated carbocycles. The van der Waals surface area contributed by atoms with E-state index in [4.69, 9.17) is 4.74 Å². The van der Waals surface area contributed by atoms with E-state index >= 15 is 0 Å². The van der Waals surface area contributed by atoms with E-state index in [2.05, 4.69) is 10.3 Å². The third-order valence-corrected chi connectivity index (χ3v) is 4.47. The Morgan fingerprint density at radius 2 is 1.96 bits per heavy atom. The predicted molar refractivity (Wildman–Crippen MR) is 93.7 cm³/mol. The van der Waals surface area contributed by atoms with E-state index < -0.39 is 5.92 Å². The number of ether oxygens (including phenoxy) is 1. The molecule has 6 heteroatoms. The van der Waals surface area contributed by atoms with E-state index in [9.17, 15) is 9.59 Å². The summed E-state index contributed by atoms with van der Waals surface area (Å²) in [7, 11) is 1.58. The van der Waals surface area contributed by atoms with Gasteiger partial charge in [0.1, 0.15) is 11.6 Å². The highest BCUT2D eigenvalue weighted by molar-refractivity contribution is 6.12. The number of ketones is 1. The summed E-state index contributed by atoms with van der Waals surface area (Å²) < 4.78 is 7.07. The molecule has 1 unspecified atom stereocenters. The average Bonchev–Trinajstić information content (AvgIpc) is 3.00. The van der Waals surface area contributed by atoms with Crippen LogP contribution in [-0.4, -0.2) is 28.4 Å². The lowest BCUT2D eigenvalue weighted by molar-refractivity contribution is -0.128. The van der Waals surface area contributed by atoms with Crippen molar-refractivity contribution in [3.8, 4) is 5.75 Å². The number of hydrogen-bond acceptors (Lipinski definition) is 4. The Hall–Kier alpha value is -3.15. The fraction of sp³-hybridized carbons (Fsp3) is 0.211. The van der Waals surface area contributed by atoms with Crippen molar-refractivity contribution in [2.75, 3.05) is 12.4 Å². The Kier molecular flexibility index (Phi) is 3.72. The molecule has 0 aliphatic carbocycles. The number of hydrogen-bond donors (Lipinski definition) is 1. The molecule has 2 heterocycles. The topological polar surface area (TPSA) is 73.2 Å². The van der Waals surface area contributed by atoms with Gasteiger partial charge in [0.05, 0.1) is 18.1 Å². The molecular formula is C19H17N3O3. The molecule has 0 fully saturated rings. The second-order valence-corrected chi connectivity index (χ2v) is 5.98. The predicted octanol–water partition coefficient (Wildman–Crippen LogP) is 2.74. The van der Waals surface area contributed by atoms with E-state index in [1.165, 1.54) is 0 Å². The highest BCUT2D eigenvalue weighted by Crippen LogP contribution is 2.29. The van der Waals surface area contributed by atoms with E-state index in [-0.39, 0.29) is 11.7 Å². The zero-order chi connectivity index (χ0) is 17.4. The number of benzene rings is 2. The van der Waals surface area contributed by atoms with Gasteiger partial charge in [-0.3, -0.25) is 9.59 Å². The van der Waals surface area contributed by atoms with Crippen LogP contribution in [0.25, 0.3) is 11.0 Å². The van der Waals surface area contributed by atoms with Gasteiger partial charge >= 0.3 is 0 Å². The summed E-state index contributed by atoms with van der Waals surface area (Å²) in [6.45, 7) is 0.557. The number of methoxy groups -OCH3 is 1. The summed E-state index contributed by atoms with van der Waals surface area (Å²) in [5.74, 6) is -0.125. The standard InChI is InChI=1S/C19H17N3O3/c1-25-13-8-6-12(7-9-13)20-19(24)17-16(23)10-11-22-15-5-3-2-4-14(15)21-18(17)22/h2-9,17H,10-11H2,1H3,(H,20,24). The van der Waals surface area contributed by atoms with Crippen LogP contribution in [-0.2, 0) is 16.1 Å². The number of para-hydroxylation sites is 2. The van der Waals surface area contributed by atoms with Crippen LogP contribution in [0, 0.1) is 0 Å². The fourth-order valence-corrected chi connectivity index (χ4v) is 3.21.